The van der Waals surface area contributed by atoms with Gasteiger partial charge in [0, 0.05) is 25.1 Å². The number of nitrogens with zero attached hydrogens (tertiary/aromatic N) is 1. The summed E-state index contributed by atoms with van der Waals surface area (Å²) in [7, 11) is 0. The van der Waals surface area contributed by atoms with Crippen molar-refractivity contribution in [1.29, 1.82) is 0 Å². The summed E-state index contributed by atoms with van der Waals surface area (Å²) in [6.45, 7) is 13.4. The third-order valence-corrected chi connectivity index (χ3v) is 5.44. The largest absolute Gasteiger partial charge is 0.381 e. The Morgan fingerprint density at radius 3 is 2.60 bits per heavy atom. The zero-order chi connectivity index (χ0) is 14.6. The predicted molar refractivity (Wildman–Crippen MR) is 84.8 cm³/mol. The molecule has 0 spiro atoms. The van der Waals surface area contributed by atoms with E-state index in [9.17, 15) is 0 Å². The first-order chi connectivity index (χ1) is 9.45. The minimum atomic E-state index is 0.222. The maximum atomic E-state index is 6.08. The molecular formula is C17H34N2O. The normalized spacial score (nSPS) is 33.9. The topological polar surface area (TPSA) is 38.5 Å². The molecule has 2 atom stereocenters. The van der Waals surface area contributed by atoms with Crippen LogP contribution in [0.1, 0.15) is 52.9 Å². The number of ether oxygens (including phenoxy) is 1. The average molecular weight is 282 g/mol. The van der Waals surface area contributed by atoms with Crippen LogP contribution in [0.15, 0.2) is 0 Å². The monoisotopic (exact) mass is 282 g/mol. The number of likely N-dealkylation sites (tertiary alicyclic amines) is 1. The Morgan fingerprint density at radius 1 is 1.20 bits per heavy atom. The van der Waals surface area contributed by atoms with E-state index in [0.29, 0.717) is 5.41 Å². The maximum absolute atomic E-state index is 6.08. The van der Waals surface area contributed by atoms with Crippen LogP contribution in [0.25, 0.3) is 0 Å². The predicted octanol–water partition coefficient (Wildman–Crippen LogP) is 2.89. The Hall–Kier alpha value is -0.120. The summed E-state index contributed by atoms with van der Waals surface area (Å²) in [6, 6.07) is 0. The fraction of sp³-hybridized carbons (Fsp3) is 1.00. The first-order valence-corrected chi connectivity index (χ1v) is 8.45. The van der Waals surface area contributed by atoms with Gasteiger partial charge >= 0.3 is 0 Å². The molecule has 0 saturated carbocycles. The number of rotatable bonds is 3. The summed E-state index contributed by atoms with van der Waals surface area (Å²) in [6.07, 6.45) is 6.47. The van der Waals surface area contributed by atoms with Gasteiger partial charge in [0.1, 0.15) is 0 Å². The third-order valence-electron chi connectivity index (χ3n) is 5.44. The highest BCUT2D eigenvalue weighted by Gasteiger charge is 2.35. The third kappa shape index (κ3) is 4.19. The van der Waals surface area contributed by atoms with Crippen molar-refractivity contribution in [3.8, 4) is 0 Å². The Morgan fingerprint density at radius 2 is 2.00 bits per heavy atom. The van der Waals surface area contributed by atoms with Gasteiger partial charge in [-0.1, -0.05) is 20.8 Å². The fourth-order valence-electron chi connectivity index (χ4n) is 3.91. The Balaban J connectivity index is 1.90. The standard InChI is InChI=1S/C17H34N2O/c1-16(2,3)15-6-4-9-19(10-7-15)13-17(12-18)8-5-11-20-14-17/h15H,4-14,18H2,1-3H3. The molecule has 0 aromatic carbocycles. The second-order valence-electron chi connectivity index (χ2n) is 8.13. The lowest BCUT2D eigenvalue weighted by Gasteiger charge is -2.40. The van der Waals surface area contributed by atoms with Crippen LogP contribution >= 0.6 is 0 Å². The van der Waals surface area contributed by atoms with Gasteiger partial charge in [-0.3, -0.25) is 0 Å². The molecule has 2 aliphatic rings. The van der Waals surface area contributed by atoms with Crippen molar-refractivity contribution >= 4 is 0 Å². The van der Waals surface area contributed by atoms with E-state index in [0.717, 1.165) is 32.2 Å². The molecule has 3 heteroatoms. The molecule has 0 aromatic heterocycles. The Bertz CT molecular complexity index is 292. The van der Waals surface area contributed by atoms with E-state index in [1.54, 1.807) is 0 Å². The summed E-state index contributed by atoms with van der Waals surface area (Å²) in [5.74, 6) is 0.865. The Labute approximate surface area is 125 Å². The quantitative estimate of drug-likeness (QED) is 0.865. The van der Waals surface area contributed by atoms with Gasteiger partial charge in [0.15, 0.2) is 0 Å². The molecule has 0 amide bonds. The molecule has 2 saturated heterocycles. The lowest BCUT2D eigenvalue weighted by molar-refractivity contribution is -0.0216. The van der Waals surface area contributed by atoms with Crippen LogP contribution in [0.3, 0.4) is 0 Å². The highest BCUT2D eigenvalue weighted by molar-refractivity contribution is 4.88. The molecule has 0 aromatic rings. The van der Waals surface area contributed by atoms with Gasteiger partial charge < -0.3 is 15.4 Å². The zero-order valence-electron chi connectivity index (χ0n) is 13.8. The number of hydrogen-bond donors (Lipinski definition) is 1. The van der Waals surface area contributed by atoms with Gasteiger partial charge in [0.05, 0.1) is 6.61 Å². The molecule has 2 N–H and O–H groups in total. The van der Waals surface area contributed by atoms with Crippen molar-refractivity contribution in [3.05, 3.63) is 0 Å². The van der Waals surface area contributed by atoms with Crippen molar-refractivity contribution in [2.24, 2.45) is 22.5 Å². The van der Waals surface area contributed by atoms with Crippen molar-refractivity contribution in [3.63, 3.8) is 0 Å². The van der Waals surface area contributed by atoms with E-state index < -0.39 is 0 Å². The molecule has 2 unspecified atom stereocenters. The molecule has 118 valence electrons. The van der Waals surface area contributed by atoms with E-state index in [4.69, 9.17) is 10.5 Å². The van der Waals surface area contributed by atoms with Crippen LogP contribution in [0.4, 0.5) is 0 Å². The molecular weight excluding hydrogens is 248 g/mol. The van der Waals surface area contributed by atoms with Crippen molar-refractivity contribution < 1.29 is 4.74 Å². The van der Waals surface area contributed by atoms with Gasteiger partial charge in [-0.15, -0.1) is 0 Å². The van der Waals surface area contributed by atoms with Gasteiger partial charge in [-0.25, -0.2) is 0 Å². The smallest absolute Gasteiger partial charge is 0.0546 e. The van der Waals surface area contributed by atoms with Crippen molar-refractivity contribution in [2.45, 2.75) is 52.9 Å². The summed E-state index contributed by atoms with van der Waals surface area (Å²) < 4.78 is 5.72. The molecule has 2 rings (SSSR count). The fourth-order valence-corrected chi connectivity index (χ4v) is 3.91. The minimum Gasteiger partial charge on any atom is -0.381 e. The van der Waals surface area contributed by atoms with E-state index >= 15 is 0 Å². The van der Waals surface area contributed by atoms with Crippen molar-refractivity contribution in [2.75, 3.05) is 39.4 Å². The molecule has 0 bridgehead atoms. The highest BCUT2D eigenvalue weighted by Crippen LogP contribution is 2.35. The van der Waals surface area contributed by atoms with Crippen LogP contribution in [-0.4, -0.2) is 44.3 Å². The van der Waals surface area contributed by atoms with E-state index in [1.807, 2.05) is 0 Å². The van der Waals surface area contributed by atoms with Gasteiger partial charge in [-0.2, -0.15) is 0 Å². The number of hydrogen-bond acceptors (Lipinski definition) is 3. The first-order valence-electron chi connectivity index (χ1n) is 8.45. The number of nitrogens with two attached hydrogens (primary N) is 1. The summed E-state index contributed by atoms with van der Waals surface area (Å²) >= 11 is 0. The molecule has 20 heavy (non-hydrogen) atoms. The molecule has 2 heterocycles. The summed E-state index contributed by atoms with van der Waals surface area (Å²) in [5.41, 5.74) is 6.76. The molecule has 2 aliphatic heterocycles. The van der Waals surface area contributed by atoms with E-state index in [2.05, 4.69) is 25.7 Å². The van der Waals surface area contributed by atoms with Gasteiger partial charge in [0.2, 0.25) is 0 Å². The SMILES string of the molecule is CC(C)(C)C1CCCN(CC2(CN)CCCOC2)CC1. The summed E-state index contributed by atoms with van der Waals surface area (Å²) in [4.78, 5) is 2.66. The van der Waals surface area contributed by atoms with E-state index in [1.165, 1.54) is 45.2 Å². The molecule has 0 aliphatic carbocycles. The molecule has 3 nitrogen and oxygen atoms in total. The Kier molecular flexibility index (Phi) is 5.49. The maximum Gasteiger partial charge on any atom is 0.0546 e. The van der Waals surface area contributed by atoms with Gasteiger partial charge in [0.25, 0.3) is 0 Å². The van der Waals surface area contributed by atoms with Crippen LogP contribution in [0.2, 0.25) is 0 Å². The lowest BCUT2D eigenvalue weighted by atomic mass is 9.76. The van der Waals surface area contributed by atoms with Crippen LogP contribution < -0.4 is 5.73 Å². The first kappa shape index (κ1) is 16.3. The lowest BCUT2D eigenvalue weighted by Crippen LogP contribution is -2.48. The van der Waals surface area contributed by atoms with Crippen molar-refractivity contribution in [1.82, 2.24) is 4.90 Å². The summed E-state index contributed by atoms with van der Waals surface area (Å²) in [5, 5.41) is 0. The van der Waals surface area contributed by atoms with Crippen LogP contribution in [-0.2, 0) is 4.74 Å². The molecule has 2 fully saturated rings. The zero-order valence-corrected chi connectivity index (χ0v) is 13.8. The average Bonchev–Trinajstić information content (AvgIpc) is 2.65. The highest BCUT2D eigenvalue weighted by atomic mass is 16.5. The van der Waals surface area contributed by atoms with E-state index in [-0.39, 0.29) is 5.41 Å². The second-order valence-corrected chi connectivity index (χ2v) is 8.13. The van der Waals surface area contributed by atoms with Crippen LogP contribution in [0, 0.1) is 16.7 Å². The minimum absolute atomic E-state index is 0.222. The van der Waals surface area contributed by atoms with Crippen LogP contribution in [0.5, 0.6) is 0 Å². The second kappa shape index (κ2) is 6.76. The van der Waals surface area contributed by atoms with Gasteiger partial charge in [-0.05, 0) is 56.5 Å². The molecule has 0 radical (unpaired) electrons.